The molecule has 146 valence electrons. The Bertz CT molecular complexity index is 586. The van der Waals surface area contributed by atoms with E-state index in [0.717, 1.165) is 31.1 Å². The molecule has 0 radical (unpaired) electrons. The van der Waals surface area contributed by atoms with E-state index in [1.54, 1.807) is 20.2 Å². The summed E-state index contributed by atoms with van der Waals surface area (Å²) in [5.74, 6) is 0.696. The number of halogens is 1. The standard InChI is InChI=1S/C20H32FN3O2/c1-4-26-18-8-7-16(13-17(18)21)14-23-19(22-2)24-15-20(11-12-25-3)9-5-6-10-20/h7-8,13H,4-6,9-12,14-15H2,1-3H3,(H2,22,23,24). The minimum absolute atomic E-state index is 0.291. The molecule has 1 aromatic carbocycles. The Morgan fingerprint density at radius 3 is 2.65 bits per heavy atom. The number of ether oxygens (including phenoxy) is 2. The van der Waals surface area contributed by atoms with Crippen molar-refractivity contribution >= 4 is 5.96 Å². The third-order valence-electron chi connectivity index (χ3n) is 5.11. The highest BCUT2D eigenvalue weighted by molar-refractivity contribution is 5.79. The van der Waals surface area contributed by atoms with Gasteiger partial charge in [-0.25, -0.2) is 4.39 Å². The normalized spacial score (nSPS) is 16.5. The topological polar surface area (TPSA) is 54.9 Å². The molecule has 1 fully saturated rings. The maximum absolute atomic E-state index is 14.0. The number of aliphatic imine (C=N–C) groups is 1. The van der Waals surface area contributed by atoms with Gasteiger partial charge in [-0.1, -0.05) is 18.9 Å². The monoisotopic (exact) mass is 365 g/mol. The lowest BCUT2D eigenvalue weighted by Gasteiger charge is -2.30. The molecule has 0 spiro atoms. The molecule has 0 amide bonds. The molecule has 1 aromatic rings. The maximum atomic E-state index is 14.0. The van der Waals surface area contributed by atoms with Crippen molar-refractivity contribution < 1.29 is 13.9 Å². The van der Waals surface area contributed by atoms with Gasteiger partial charge in [0.1, 0.15) is 0 Å². The summed E-state index contributed by atoms with van der Waals surface area (Å²) in [6.45, 7) is 4.48. The van der Waals surface area contributed by atoms with Crippen molar-refractivity contribution in [3.8, 4) is 5.75 Å². The Labute approximate surface area is 156 Å². The van der Waals surface area contributed by atoms with Crippen LogP contribution < -0.4 is 15.4 Å². The van der Waals surface area contributed by atoms with Crippen LogP contribution in [0.15, 0.2) is 23.2 Å². The van der Waals surface area contributed by atoms with Crippen molar-refractivity contribution in [2.24, 2.45) is 10.4 Å². The van der Waals surface area contributed by atoms with E-state index in [1.165, 1.54) is 31.7 Å². The first-order valence-corrected chi connectivity index (χ1v) is 9.47. The van der Waals surface area contributed by atoms with Crippen LogP contribution in [0.2, 0.25) is 0 Å². The summed E-state index contributed by atoms with van der Waals surface area (Å²) in [5.41, 5.74) is 1.14. The van der Waals surface area contributed by atoms with Gasteiger partial charge in [-0.2, -0.15) is 0 Å². The van der Waals surface area contributed by atoms with Crippen molar-refractivity contribution in [2.45, 2.75) is 45.6 Å². The number of nitrogens with one attached hydrogen (secondary N) is 2. The number of benzene rings is 1. The van der Waals surface area contributed by atoms with Crippen LogP contribution in [0.1, 0.15) is 44.6 Å². The minimum atomic E-state index is -0.335. The molecule has 5 nitrogen and oxygen atoms in total. The number of hydrogen-bond acceptors (Lipinski definition) is 3. The van der Waals surface area contributed by atoms with E-state index in [-0.39, 0.29) is 5.82 Å². The second-order valence-corrected chi connectivity index (χ2v) is 6.93. The summed E-state index contributed by atoms with van der Waals surface area (Å²) in [5, 5.41) is 6.70. The minimum Gasteiger partial charge on any atom is -0.491 e. The molecular formula is C20H32FN3O2. The van der Waals surface area contributed by atoms with Crippen molar-refractivity contribution in [3.63, 3.8) is 0 Å². The molecule has 0 heterocycles. The fourth-order valence-electron chi connectivity index (χ4n) is 3.56. The Morgan fingerprint density at radius 1 is 1.27 bits per heavy atom. The average Bonchev–Trinajstić information content (AvgIpc) is 3.11. The summed E-state index contributed by atoms with van der Waals surface area (Å²) in [6.07, 6.45) is 6.08. The van der Waals surface area contributed by atoms with Gasteiger partial charge in [0.05, 0.1) is 6.61 Å². The lowest BCUT2D eigenvalue weighted by Crippen LogP contribution is -2.43. The van der Waals surface area contributed by atoms with Crippen LogP contribution in [0.25, 0.3) is 0 Å². The lowest BCUT2D eigenvalue weighted by atomic mass is 9.83. The van der Waals surface area contributed by atoms with Gasteiger partial charge in [-0.15, -0.1) is 0 Å². The second-order valence-electron chi connectivity index (χ2n) is 6.93. The second kappa shape index (κ2) is 10.4. The van der Waals surface area contributed by atoms with E-state index < -0.39 is 0 Å². The average molecular weight is 365 g/mol. The van der Waals surface area contributed by atoms with Crippen LogP contribution in [-0.4, -0.2) is 39.9 Å². The van der Waals surface area contributed by atoms with Crippen LogP contribution in [0.5, 0.6) is 5.75 Å². The van der Waals surface area contributed by atoms with Gasteiger partial charge in [0.25, 0.3) is 0 Å². The number of nitrogens with zero attached hydrogens (tertiary/aromatic N) is 1. The first kappa shape index (κ1) is 20.5. The molecule has 0 aromatic heterocycles. The number of hydrogen-bond donors (Lipinski definition) is 2. The number of methoxy groups -OCH3 is 1. The van der Waals surface area contributed by atoms with Crippen molar-refractivity contribution in [1.82, 2.24) is 10.6 Å². The first-order valence-electron chi connectivity index (χ1n) is 9.47. The Hall–Kier alpha value is -1.82. The molecular weight excluding hydrogens is 333 g/mol. The first-order chi connectivity index (χ1) is 12.6. The molecule has 26 heavy (non-hydrogen) atoms. The third-order valence-corrected chi connectivity index (χ3v) is 5.11. The largest absolute Gasteiger partial charge is 0.491 e. The molecule has 6 heteroatoms. The third kappa shape index (κ3) is 5.87. The van der Waals surface area contributed by atoms with E-state index >= 15 is 0 Å². The molecule has 2 N–H and O–H groups in total. The van der Waals surface area contributed by atoms with E-state index in [0.29, 0.717) is 24.3 Å². The van der Waals surface area contributed by atoms with Crippen LogP contribution >= 0.6 is 0 Å². The molecule has 0 saturated heterocycles. The molecule has 0 bridgehead atoms. The fraction of sp³-hybridized carbons (Fsp3) is 0.650. The van der Waals surface area contributed by atoms with E-state index in [2.05, 4.69) is 15.6 Å². The molecule has 2 rings (SSSR count). The Kier molecular flexibility index (Phi) is 8.16. The van der Waals surface area contributed by atoms with Crippen LogP contribution in [-0.2, 0) is 11.3 Å². The smallest absolute Gasteiger partial charge is 0.191 e. The predicted octanol–water partition coefficient (Wildman–Crippen LogP) is 3.49. The van der Waals surface area contributed by atoms with Crippen LogP contribution in [0, 0.1) is 11.2 Å². The Morgan fingerprint density at radius 2 is 2.04 bits per heavy atom. The van der Waals surface area contributed by atoms with Gasteiger partial charge in [0.2, 0.25) is 0 Å². The fourth-order valence-corrected chi connectivity index (χ4v) is 3.56. The van der Waals surface area contributed by atoms with Gasteiger partial charge in [0, 0.05) is 33.9 Å². The number of rotatable bonds is 9. The summed E-state index contributed by atoms with van der Waals surface area (Å²) in [7, 11) is 3.51. The van der Waals surface area contributed by atoms with Gasteiger partial charge in [-0.05, 0) is 49.3 Å². The van der Waals surface area contributed by atoms with Crippen molar-refractivity contribution in [2.75, 3.05) is 33.9 Å². The zero-order valence-corrected chi connectivity index (χ0v) is 16.2. The summed E-state index contributed by atoms with van der Waals surface area (Å²) in [6, 6.07) is 5.04. The summed E-state index contributed by atoms with van der Waals surface area (Å²) < 4.78 is 24.5. The van der Waals surface area contributed by atoms with E-state index in [4.69, 9.17) is 9.47 Å². The SMILES string of the molecule is CCOc1ccc(CNC(=NC)NCC2(CCOC)CCCC2)cc1F. The van der Waals surface area contributed by atoms with Gasteiger partial charge < -0.3 is 20.1 Å². The predicted molar refractivity (Wildman–Crippen MR) is 103 cm³/mol. The molecule has 0 atom stereocenters. The van der Waals surface area contributed by atoms with Crippen LogP contribution in [0.4, 0.5) is 4.39 Å². The van der Waals surface area contributed by atoms with Crippen molar-refractivity contribution in [3.05, 3.63) is 29.6 Å². The molecule has 1 aliphatic carbocycles. The van der Waals surface area contributed by atoms with Crippen LogP contribution in [0.3, 0.4) is 0 Å². The molecule has 0 aliphatic heterocycles. The number of guanidine groups is 1. The molecule has 1 aliphatic rings. The highest BCUT2D eigenvalue weighted by Gasteiger charge is 2.33. The van der Waals surface area contributed by atoms with Crippen molar-refractivity contribution in [1.29, 1.82) is 0 Å². The summed E-state index contributed by atoms with van der Waals surface area (Å²) in [4.78, 5) is 4.29. The zero-order chi connectivity index (χ0) is 18.8. The quantitative estimate of drug-likeness (QED) is 0.520. The van der Waals surface area contributed by atoms with E-state index in [9.17, 15) is 4.39 Å². The highest BCUT2D eigenvalue weighted by Crippen LogP contribution is 2.40. The van der Waals surface area contributed by atoms with Gasteiger partial charge in [0.15, 0.2) is 17.5 Å². The van der Waals surface area contributed by atoms with E-state index in [1.807, 2.05) is 13.0 Å². The molecule has 0 unspecified atom stereocenters. The Balaban J connectivity index is 1.86. The van der Waals surface area contributed by atoms with Gasteiger partial charge in [-0.3, -0.25) is 4.99 Å². The summed E-state index contributed by atoms with van der Waals surface area (Å²) >= 11 is 0. The maximum Gasteiger partial charge on any atom is 0.191 e. The molecule has 1 saturated carbocycles. The highest BCUT2D eigenvalue weighted by atomic mass is 19.1. The zero-order valence-electron chi connectivity index (χ0n) is 16.2. The van der Waals surface area contributed by atoms with Gasteiger partial charge >= 0.3 is 0 Å². The lowest BCUT2D eigenvalue weighted by molar-refractivity contribution is 0.138.